The highest BCUT2D eigenvalue weighted by Gasteiger charge is 2.51. The third kappa shape index (κ3) is 3.82. The van der Waals surface area contributed by atoms with E-state index in [4.69, 9.17) is 14.0 Å². The Morgan fingerprint density at radius 2 is 1.71 bits per heavy atom. The highest BCUT2D eigenvalue weighted by molar-refractivity contribution is 9.10. The molecular formula is C16H24BBrO3. The summed E-state index contributed by atoms with van der Waals surface area (Å²) in [5.74, 6) is 0.850. The van der Waals surface area contributed by atoms with E-state index in [1.165, 1.54) is 0 Å². The van der Waals surface area contributed by atoms with Crippen LogP contribution in [-0.4, -0.2) is 24.9 Å². The fourth-order valence-corrected chi connectivity index (χ4v) is 2.61. The normalized spacial score (nSPS) is 19.8. The maximum Gasteiger partial charge on any atom is 0.495 e. The van der Waals surface area contributed by atoms with Crippen molar-refractivity contribution in [2.45, 2.75) is 58.7 Å². The second-order valence-corrected chi connectivity index (χ2v) is 7.43. The zero-order valence-corrected chi connectivity index (χ0v) is 15.1. The molecule has 0 saturated carbocycles. The summed E-state index contributed by atoms with van der Waals surface area (Å²) in [6.07, 6.45) is 2.18. The zero-order valence-electron chi connectivity index (χ0n) is 13.5. The third-order valence-electron chi connectivity index (χ3n) is 4.19. The van der Waals surface area contributed by atoms with E-state index in [0.717, 1.165) is 35.1 Å². The van der Waals surface area contributed by atoms with Crippen molar-refractivity contribution in [1.82, 2.24) is 0 Å². The van der Waals surface area contributed by atoms with E-state index in [1.807, 2.05) is 18.2 Å². The van der Waals surface area contributed by atoms with E-state index in [2.05, 4.69) is 50.5 Å². The van der Waals surface area contributed by atoms with Gasteiger partial charge in [0, 0.05) is 4.47 Å². The predicted octanol–water partition coefficient (Wildman–Crippen LogP) is 3.93. The van der Waals surface area contributed by atoms with Crippen molar-refractivity contribution >= 4 is 28.5 Å². The van der Waals surface area contributed by atoms with Gasteiger partial charge in [-0.25, -0.2) is 0 Å². The molecule has 1 heterocycles. The van der Waals surface area contributed by atoms with Gasteiger partial charge in [-0.1, -0.05) is 29.3 Å². The highest BCUT2D eigenvalue weighted by Crippen LogP contribution is 2.36. The molecule has 0 spiro atoms. The molecule has 1 saturated heterocycles. The van der Waals surface area contributed by atoms with Crippen LogP contribution in [-0.2, 0) is 9.31 Å². The number of hydrogen-bond acceptors (Lipinski definition) is 3. The minimum atomic E-state index is -0.360. The van der Waals surface area contributed by atoms with Crippen LogP contribution in [0.15, 0.2) is 22.7 Å². The summed E-state index contributed by atoms with van der Waals surface area (Å²) in [6.45, 7) is 11.1. The Morgan fingerprint density at radius 1 is 1.10 bits per heavy atom. The molecule has 0 amide bonds. The van der Waals surface area contributed by atoms with E-state index in [1.54, 1.807) is 0 Å². The summed E-state index contributed by atoms with van der Waals surface area (Å²) < 4.78 is 18.9. The van der Waals surface area contributed by atoms with Crippen molar-refractivity contribution in [3.05, 3.63) is 22.7 Å². The zero-order chi connectivity index (χ0) is 15.7. The Labute approximate surface area is 136 Å². The van der Waals surface area contributed by atoms with Crippen LogP contribution in [0, 0.1) is 0 Å². The van der Waals surface area contributed by atoms with Gasteiger partial charge in [-0.05, 0) is 57.8 Å². The van der Waals surface area contributed by atoms with E-state index in [9.17, 15) is 0 Å². The van der Waals surface area contributed by atoms with Gasteiger partial charge in [-0.15, -0.1) is 0 Å². The van der Waals surface area contributed by atoms with Crippen molar-refractivity contribution in [2.24, 2.45) is 0 Å². The standard InChI is InChI=1S/C16H24BBrO3/c1-6-7-8-19-14-10-12(9-13(18)11-14)17-20-15(2,3)16(4,5)21-17/h9-11H,6-8H2,1-5H3. The molecule has 1 aliphatic rings. The Bertz CT molecular complexity index is 486. The fourth-order valence-electron chi connectivity index (χ4n) is 2.12. The van der Waals surface area contributed by atoms with Crippen molar-refractivity contribution in [2.75, 3.05) is 6.61 Å². The summed E-state index contributed by atoms with van der Waals surface area (Å²) in [6, 6.07) is 6.00. The van der Waals surface area contributed by atoms with Crippen LogP contribution in [0.1, 0.15) is 47.5 Å². The molecule has 2 rings (SSSR count). The molecule has 0 unspecified atom stereocenters. The number of ether oxygens (including phenoxy) is 1. The Balaban J connectivity index is 2.17. The maximum atomic E-state index is 6.09. The van der Waals surface area contributed by atoms with Gasteiger partial charge in [0.15, 0.2) is 0 Å². The lowest BCUT2D eigenvalue weighted by Gasteiger charge is -2.32. The average molecular weight is 355 g/mol. The first kappa shape index (κ1) is 16.8. The van der Waals surface area contributed by atoms with Crippen LogP contribution >= 0.6 is 15.9 Å². The quantitative estimate of drug-likeness (QED) is 0.592. The van der Waals surface area contributed by atoms with E-state index in [0.29, 0.717) is 0 Å². The average Bonchev–Trinajstić information content (AvgIpc) is 2.58. The fraction of sp³-hybridized carbons (Fsp3) is 0.625. The lowest BCUT2D eigenvalue weighted by atomic mass is 9.79. The van der Waals surface area contributed by atoms with E-state index >= 15 is 0 Å². The first-order valence-corrected chi connectivity index (χ1v) is 8.33. The molecule has 3 nitrogen and oxygen atoms in total. The van der Waals surface area contributed by atoms with Crippen LogP contribution in [0.4, 0.5) is 0 Å². The van der Waals surface area contributed by atoms with Gasteiger partial charge >= 0.3 is 7.12 Å². The van der Waals surface area contributed by atoms with Gasteiger partial charge in [0.2, 0.25) is 0 Å². The molecule has 1 aromatic carbocycles. The van der Waals surface area contributed by atoms with Gasteiger partial charge in [-0.3, -0.25) is 0 Å². The second kappa shape index (κ2) is 6.31. The molecular weight excluding hydrogens is 331 g/mol. The molecule has 1 aromatic rings. The first-order chi connectivity index (χ1) is 9.75. The summed E-state index contributed by atoms with van der Waals surface area (Å²) in [5.41, 5.74) is 0.321. The number of unbranched alkanes of at least 4 members (excludes halogenated alkanes) is 1. The van der Waals surface area contributed by atoms with Crippen LogP contribution in [0.3, 0.4) is 0 Å². The lowest BCUT2D eigenvalue weighted by Crippen LogP contribution is -2.41. The largest absolute Gasteiger partial charge is 0.495 e. The molecule has 21 heavy (non-hydrogen) atoms. The maximum absolute atomic E-state index is 6.09. The Hall–Kier alpha value is -0.515. The Kier molecular flexibility index (Phi) is 5.06. The highest BCUT2D eigenvalue weighted by atomic mass is 79.9. The number of benzene rings is 1. The first-order valence-electron chi connectivity index (χ1n) is 7.54. The Morgan fingerprint density at radius 3 is 2.29 bits per heavy atom. The third-order valence-corrected chi connectivity index (χ3v) is 4.64. The smallest absolute Gasteiger partial charge is 0.494 e. The summed E-state index contributed by atoms with van der Waals surface area (Å²) in [4.78, 5) is 0. The molecule has 0 aliphatic carbocycles. The molecule has 0 N–H and O–H groups in total. The SMILES string of the molecule is CCCCOc1cc(Br)cc(B2OC(C)(C)C(C)(C)O2)c1. The summed E-state index contributed by atoms with van der Waals surface area (Å²) in [5, 5.41) is 0. The van der Waals surface area contributed by atoms with Gasteiger partial charge < -0.3 is 14.0 Å². The number of hydrogen-bond donors (Lipinski definition) is 0. The molecule has 0 aromatic heterocycles. The summed E-state index contributed by atoms with van der Waals surface area (Å²) in [7, 11) is -0.360. The van der Waals surface area contributed by atoms with Gasteiger partial charge in [0.05, 0.1) is 17.8 Å². The van der Waals surface area contributed by atoms with Gasteiger partial charge in [-0.2, -0.15) is 0 Å². The lowest BCUT2D eigenvalue weighted by molar-refractivity contribution is 0.00578. The molecule has 0 bridgehead atoms. The van der Waals surface area contributed by atoms with Crippen LogP contribution in [0.5, 0.6) is 5.75 Å². The van der Waals surface area contributed by atoms with Crippen LogP contribution in [0.25, 0.3) is 0 Å². The van der Waals surface area contributed by atoms with Gasteiger partial charge in [0.25, 0.3) is 0 Å². The number of rotatable bonds is 5. The molecule has 0 atom stereocenters. The van der Waals surface area contributed by atoms with Gasteiger partial charge in [0.1, 0.15) is 5.75 Å². The van der Waals surface area contributed by atoms with Crippen molar-refractivity contribution in [3.63, 3.8) is 0 Å². The number of halogens is 1. The predicted molar refractivity (Wildman–Crippen MR) is 90.3 cm³/mol. The van der Waals surface area contributed by atoms with Crippen molar-refractivity contribution < 1.29 is 14.0 Å². The minimum absolute atomic E-state index is 0.330. The van der Waals surface area contributed by atoms with E-state index < -0.39 is 0 Å². The minimum Gasteiger partial charge on any atom is -0.494 e. The monoisotopic (exact) mass is 354 g/mol. The van der Waals surface area contributed by atoms with Crippen LogP contribution < -0.4 is 10.2 Å². The van der Waals surface area contributed by atoms with Crippen molar-refractivity contribution in [1.29, 1.82) is 0 Å². The molecule has 0 radical (unpaired) electrons. The van der Waals surface area contributed by atoms with Crippen molar-refractivity contribution in [3.8, 4) is 5.75 Å². The topological polar surface area (TPSA) is 27.7 Å². The molecule has 1 aliphatic heterocycles. The van der Waals surface area contributed by atoms with E-state index in [-0.39, 0.29) is 18.3 Å². The molecule has 5 heteroatoms. The summed E-state index contributed by atoms with van der Waals surface area (Å²) >= 11 is 3.54. The van der Waals surface area contributed by atoms with Crippen LogP contribution in [0.2, 0.25) is 0 Å². The molecule has 116 valence electrons. The molecule has 1 fully saturated rings. The second-order valence-electron chi connectivity index (χ2n) is 6.51.